The third kappa shape index (κ3) is 5.68. The summed E-state index contributed by atoms with van der Waals surface area (Å²) in [7, 11) is -1.16. The molecule has 0 fully saturated rings. The van der Waals surface area contributed by atoms with E-state index >= 15 is 0 Å². The van der Waals surface area contributed by atoms with Gasteiger partial charge in [-0.05, 0) is 12.5 Å². The van der Waals surface area contributed by atoms with Crippen molar-refractivity contribution in [3.63, 3.8) is 0 Å². The van der Waals surface area contributed by atoms with Crippen LogP contribution in [0.4, 0.5) is 11.4 Å². The summed E-state index contributed by atoms with van der Waals surface area (Å²) in [6.45, 7) is 8.69. The van der Waals surface area contributed by atoms with Gasteiger partial charge in [0, 0.05) is 33.0 Å². The lowest BCUT2D eigenvalue weighted by Gasteiger charge is -2.27. The number of carboxylic acids is 1. The summed E-state index contributed by atoms with van der Waals surface area (Å²) in [6, 6.07) is 1.07. The molecule has 1 aliphatic heterocycles. The Kier molecular flexibility index (Phi) is 6.32. The molecule has 0 saturated carbocycles. The van der Waals surface area contributed by atoms with Gasteiger partial charge in [-0.25, -0.2) is 4.79 Å². The van der Waals surface area contributed by atoms with Crippen molar-refractivity contribution >= 4 is 37.4 Å². The van der Waals surface area contributed by atoms with Crippen molar-refractivity contribution < 1.29 is 19.4 Å². The molecule has 136 valence electrons. The van der Waals surface area contributed by atoms with E-state index in [0.29, 0.717) is 19.0 Å². The molecule has 8 heteroatoms. The molecule has 0 aromatic carbocycles. The van der Waals surface area contributed by atoms with Crippen molar-refractivity contribution in [3.8, 4) is 0 Å². The molecule has 1 amide bonds. The molecular weight excluding hydrogens is 338 g/mol. The van der Waals surface area contributed by atoms with E-state index in [0.717, 1.165) is 30.3 Å². The fourth-order valence-electron chi connectivity index (χ4n) is 2.45. The van der Waals surface area contributed by atoms with E-state index in [2.05, 4.69) is 29.9 Å². The minimum absolute atomic E-state index is 0.380. The van der Waals surface area contributed by atoms with E-state index in [-0.39, 0.29) is 0 Å². The number of aromatic nitrogens is 1. The number of anilines is 2. The Bertz CT molecular complexity index is 670. The van der Waals surface area contributed by atoms with Gasteiger partial charge in [0.2, 0.25) is 0 Å². The Morgan fingerprint density at radius 3 is 2.80 bits per heavy atom. The van der Waals surface area contributed by atoms with Gasteiger partial charge in [-0.15, -0.1) is 0 Å². The third-order valence-corrected chi connectivity index (χ3v) is 5.52. The van der Waals surface area contributed by atoms with Gasteiger partial charge in [0.1, 0.15) is 6.73 Å². The first-order valence-electron chi connectivity index (χ1n) is 8.29. The lowest BCUT2D eigenvalue weighted by atomic mass is 10.2. The second-order valence-corrected chi connectivity index (χ2v) is 12.8. The minimum atomic E-state index is -1.53. The lowest BCUT2D eigenvalue weighted by molar-refractivity contribution is -0.147. The highest BCUT2D eigenvalue weighted by Gasteiger charge is 2.21. The van der Waals surface area contributed by atoms with Crippen molar-refractivity contribution in [2.45, 2.75) is 32.1 Å². The number of nitrogens with zero attached hydrogens (tertiary/aromatic N) is 2. The summed E-state index contributed by atoms with van der Waals surface area (Å²) in [4.78, 5) is 28.5. The Morgan fingerprint density at radius 1 is 1.36 bits per heavy atom. The van der Waals surface area contributed by atoms with E-state index in [1.165, 1.54) is 6.20 Å². The maximum Gasteiger partial charge on any atom is 0.394 e. The molecule has 1 aromatic rings. The topological polar surface area (TPSA) is 91.8 Å². The van der Waals surface area contributed by atoms with Crippen LogP contribution in [0, 0.1) is 0 Å². The van der Waals surface area contributed by atoms with Gasteiger partial charge in [0.15, 0.2) is 0 Å². The molecule has 2 heterocycles. The molecule has 7 nitrogen and oxygen atoms in total. The molecule has 0 unspecified atom stereocenters. The number of hydrogen-bond acceptors (Lipinski definition) is 5. The van der Waals surface area contributed by atoms with E-state index in [1.54, 1.807) is 6.20 Å². The van der Waals surface area contributed by atoms with E-state index in [4.69, 9.17) is 9.84 Å². The van der Waals surface area contributed by atoms with E-state index in [9.17, 15) is 9.59 Å². The molecule has 0 radical (unpaired) electrons. The largest absolute Gasteiger partial charge is 0.474 e. The van der Waals surface area contributed by atoms with Crippen molar-refractivity contribution in [1.82, 2.24) is 4.98 Å². The van der Waals surface area contributed by atoms with Crippen LogP contribution in [0.1, 0.15) is 12.0 Å². The molecule has 1 aliphatic rings. The minimum Gasteiger partial charge on any atom is -0.474 e. The second-order valence-electron chi connectivity index (χ2n) is 7.19. The Morgan fingerprint density at radius 2 is 2.12 bits per heavy atom. The molecule has 2 rings (SSSR count). The van der Waals surface area contributed by atoms with Crippen LogP contribution in [0.15, 0.2) is 18.5 Å². The predicted octanol–water partition coefficient (Wildman–Crippen LogP) is 2.64. The van der Waals surface area contributed by atoms with Gasteiger partial charge in [0.05, 0.1) is 17.6 Å². The first kappa shape index (κ1) is 19.1. The zero-order valence-electron chi connectivity index (χ0n) is 14.9. The van der Waals surface area contributed by atoms with Crippen molar-refractivity contribution in [2.24, 2.45) is 0 Å². The number of carbonyl (C=O) groups is 2. The fourth-order valence-corrected chi connectivity index (χ4v) is 3.20. The fraction of sp³-hybridized carbons (Fsp3) is 0.471. The molecule has 2 N–H and O–H groups in total. The van der Waals surface area contributed by atoms with E-state index < -0.39 is 20.0 Å². The van der Waals surface area contributed by atoms with Gasteiger partial charge in [-0.2, -0.15) is 0 Å². The number of ether oxygens (including phenoxy) is 1. The number of amides is 1. The summed E-state index contributed by atoms with van der Waals surface area (Å²) in [5, 5.41) is 11.3. The van der Waals surface area contributed by atoms with Crippen LogP contribution in [0.3, 0.4) is 0 Å². The predicted molar refractivity (Wildman–Crippen MR) is 100 cm³/mol. The Hall–Kier alpha value is -2.19. The van der Waals surface area contributed by atoms with Crippen LogP contribution < -0.4 is 10.2 Å². The summed E-state index contributed by atoms with van der Waals surface area (Å²) in [6.07, 6.45) is 7.96. The molecule has 0 aliphatic carbocycles. The number of aliphatic carboxylic acids is 1. The Labute approximate surface area is 148 Å². The molecule has 0 spiro atoms. The quantitative estimate of drug-likeness (QED) is 0.459. The highest BCUT2D eigenvalue weighted by Crippen LogP contribution is 2.32. The molecule has 25 heavy (non-hydrogen) atoms. The molecular formula is C17H25N3O4Si. The summed E-state index contributed by atoms with van der Waals surface area (Å²) in [5.41, 5.74) is 1.95. The van der Waals surface area contributed by atoms with Crippen molar-refractivity contribution in [3.05, 3.63) is 24.0 Å². The summed E-state index contributed by atoms with van der Waals surface area (Å²) < 4.78 is 5.85. The number of nitrogens with one attached hydrogen (secondary N) is 1. The van der Waals surface area contributed by atoms with Crippen LogP contribution in [0.2, 0.25) is 25.7 Å². The average molecular weight is 363 g/mol. The smallest absolute Gasteiger partial charge is 0.394 e. The molecule has 0 bridgehead atoms. The van der Waals surface area contributed by atoms with Gasteiger partial charge in [-0.1, -0.05) is 31.8 Å². The number of pyridine rings is 1. The normalized spacial score (nSPS) is 14.0. The first-order valence-corrected chi connectivity index (χ1v) is 12.0. The summed E-state index contributed by atoms with van der Waals surface area (Å²) >= 11 is 0. The van der Waals surface area contributed by atoms with Crippen LogP contribution in [0.5, 0.6) is 0 Å². The van der Waals surface area contributed by atoms with Crippen LogP contribution in [0.25, 0.3) is 6.08 Å². The average Bonchev–Trinajstić information content (AvgIpc) is 2.73. The highest BCUT2D eigenvalue weighted by molar-refractivity contribution is 6.76. The number of carbonyl (C=O) groups excluding carboxylic acids is 1. The van der Waals surface area contributed by atoms with Crippen LogP contribution in [-0.2, 0) is 14.3 Å². The van der Waals surface area contributed by atoms with Gasteiger partial charge < -0.3 is 20.1 Å². The second kappa shape index (κ2) is 8.26. The van der Waals surface area contributed by atoms with Gasteiger partial charge in [0.25, 0.3) is 0 Å². The molecule has 0 atom stereocenters. The molecule has 0 saturated heterocycles. The first-order chi connectivity index (χ1) is 11.8. The lowest BCUT2D eigenvalue weighted by Crippen LogP contribution is -2.31. The number of carboxylic acid groups (broad SMARTS) is 1. The number of hydrogen-bond donors (Lipinski definition) is 2. The van der Waals surface area contributed by atoms with Gasteiger partial charge >= 0.3 is 11.9 Å². The van der Waals surface area contributed by atoms with Gasteiger partial charge in [-0.3, -0.25) is 9.78 Å². The van der Waals surface area contributed by atoms with Crippen LogP contribution in [-0.4, -0.2) is 49.9 Å². The highest BCUT2D eigenvalue weighted by atomic mass is 28.3. The van der Waals surface area contributed by atoms with Crippen molar-refractivity contribution in [2.75, 3.05) is 30.1 Å². The van der Waals surface area contributed by atoms with Crippen molar-refractivity contribution in [1.29, 1.82) is 0 Å². The van der Waals surface area contributed by atoms with Crippen LogP contribution >= 0.6 is 0 Å². The zero-order chi connectivity index (χ0) is 18.4. The van der Waals surface area contributed by atoms with E-state index in [1.807, 2.05) is 17.1 Å². The SMILES string of the molecule is C[Si](C)(C)CCOCN1CCC=Cc2cncc(NC(=O)C(=O)O)c21. The standard InChI is InChI=1S/C17H25N3O4Si/c1-25(2,3)9-8-24-12-20-7-5-4-6-13-10-18-11-14(15(13)20)19-16(21)17(22)23/h4,6,10-11H,5,7-9,12H2,1-3H3,(H,19,21)(H,22,23). The third-order valence-electron chi connectivity index (χ3n) is 3.81. The maximum absolute atomic E-state index is 11.6. The summed E-state index contributed by atoms with van der Waals surface area (Å²) in [5.74, 6) is -2.61. The molecule has 1 aromatic heterocycles. The maximum atomic E-state index is 11.6. The zero-order valence-corrected chi connectivity index (χ0v) is 15.9. The number of rotatable bonds is 6. The Balaban J connectivity index is 2.16. The number of fused-ring (bicyclic) bond motifs is 1. The monoisotopic (exact) mass is 363 g/mol.